The molecule has 1 aromatic carbocycles. The van der Waals surface area contributed by atoms with Crippen LogP contribution in [0.3, 0.4) is 0 Å². The van der Waals surface area contributed by atoms with Crippen molar-refractivity contribution in [1.82, 2.24) is 9.97 Å². The molecule has 5 nitrogen and oxygen atoms in total. The highest BCUT2D eigenvalue weighted by Crippen LogP contribution is 2.31. The zero-order valence-corrected chi connectivity index (χ0v) is 17.9. The van der Waals surface area contributed by atoms with E-state index < -0.39 is 16.9 Å². The van der Waals surface area contributed by atoms with E-state index in [4.69, 9.17) is 18.2 Å². The van der Waals surface area contributed by atoms with Crippen molar-refractivity contribution in [2.24, 2.45) is 0 Å². The van der Waals surface area contributed by atoms with Crippen molar-refractivity contribution in [2.45, 2.75) is 39.2 Å². The summed E-state index contributed by atoms with van der Waals surface area (Å²) in [6, 6.07) is 9.31. The number of halogens is 2. The first-order chi connectivity index (χ1) is 14.1. The number of rotatable bonds is 5. The van der Waals surface area contributed by atoms with Crippen molar-refractivity contribution in [3.8, 4) is 11.1 Å². The van der Waals surface area contributed by atoms with Crippen LogP contribution in [0.4, 0.5) is 15.8 Å². The lowest BCUT2D eigenvalue weighted by atomic mass is 10.00. The van der Waals surface area contributed by atoms with Crippen LogP contribution in [0.15, 0.2) is 47.4 Å². The summed E-state index contributed by atoms with van der Waals surface area (Å²) >= 11 is 6.02. The molecule has 0 spiro atoms. The van der Waals surface area contributed by atoms with Crippen LogP contribution in [-0.2, 0) is 5.54 Å². The van der Waals surface area contributed by atoms with Crippen LogP contribution in [-0.4, -0.2) is 9.97 Å². The number of hydrogen-bond donors (Lipinski definition) is 2. The molecule has 2 heterocycles. The second-order valence-corrected chi connectivity index (χ2v) is 8.28. The van der Waals surface area contributed by atoms with Gasteiger partial charge in [-0.1, -0.05) is 25.4 Å². The van der Waals surface area contributed by atoms with Crippen molar-refractivity contribution in [1.29, 1.82) is 0 Å². The van der Waals surface area contributed by atoms with Gasteiger partial charge in [-0.25, -0.2) is 11.0 Å². The summed E-state index contributed by atoms with van der Waals surface area (Å²) in [5, 5.41) is 3.63. The number of H-pyrrole nitrogens is 1. The van der Waals surface area contributed by atoms with Crippen LogP contribution in [0.2, 0.25) is 5.02 Å². The molecule has 0 saturated carbocycles. The van der Waals surface area contributed by atoms with E-state index in [1.54, 1.807) is 38.2 Å². The molecular formula is C23H22ClFN4O. The third kappa shape index (κ3) is 4.37. The number of benzene rings is 1. The molecule has 154 valence electrons. The van der Waals surface area contributed by atoms with Gasteiger partial charge < -0.3 is 15.1 Å². The molecule has 3 rings (SSSR count). The van der Waals surface area contributed by atoms with Gasteiger partial charge in [0.1, 0.15) is 11.5 Å². The van der Waals surface area contributed by atoms with E-state index in [1.165, 1.54) is 18.2 Å². The molecule has 7 heteroatoms. The Morgan fingerprint density at radius 2 is 1.93 bits per heavy atom. The summed E-state index contributed by atoms with van der Waals surface area (Å²) in [6.07, 6.45) is 1.63. The Labute approximate surface area is 179 Å². The fraction of sp³-hybridized carbons (Fsp3) is 0.261. The lowest BCUT2D eigenvalue weighted by Gasteiger charge is -2.17. The lowest BCUT2D eigenvalue weighted by molar-refractivity contribution is 0.631. The molecule has 0 unspecified atom stereocenters. The monoisotopic (exact) mass is 424 g/mol. The number of hydrogen-bond acceptors (Lipinski definition) is 3. The highest BCUT2D eigenvalue weighted by molar-refractivity contribution is 6.30. The van der Waals surface area contributed by atoms with Gasteiger partial charge >= 0.3 is 0 Å². The standard InChI is InChI=1S/C23H22ClFN4O/c1-13(2)21-19(28-15-8-9-27-20(11-15)23(3,4)26-5)12-17(22(30)29-21)16-10-14(24)6-7-18(16)25/h6-13H,1-4H3,(H,27,28)(H,29,30). The molecule has 2 aromatic heterocycles. The first kappa shape index (κ1) is 21.5. The Hall–Kier alpha value is -3.17. The van der Waals surface area contributed by atoms with Crippen molar-refractivity contribution < 1.29 is 4.39 Å². The number of nitrogens with zero attached hydrogens (tertiary/aromatic N) is 2. The average Bonchev–Trinajstić information content (AvgIpc) is 2.71. The summed E-state index contributed by atoms with van der Waals surface area (Å²) in [6.45, 7) is 14.9. The molecule has 0 radical (unpaired) electrons. The summed E-state index contributed by atoms with van der Waals surface area (Å²) in [7, 11) is 0. The number of pyridine rings is 2. The molecule has 0 aliphatic rings. The smallest absolute Gasteiger partial charge is 0.268 e. The summed E-state index contributed by atoms with van der Waals surface area (Å²) in [5.74, 6) is -0.516. The Morgan fingerprint density at radius 1 is 1.20 bits per heavy atom. The van der Waals surface area contributed by atoms with Crippen LogP contribution in [0.1, 0.15) is 45.0 Å². The number of aromatic nitrogens is 2. The van der Waals surface area contributed by atoms with Crippen LogP contribution < -0.4 is 10.9 Å². The lowest BCUT2D eigenvalue weighted by Crippen LogP contribution is -2.16. The van der Waals surface area contributed by atoms with Crippen molar-refractivity contribution in [3.05, 3.63) is 86.6 Å². The Bertz CT molecular complexity index is 1190. The van der Waals surface area contributed by atoms with Gasteiger partial charge in [0.05, 0.1) is 11.3 Å². The quantitative estimate of drug-likeness (QED) is 0.476. The first-order valence-electron chi connectivity index (χ1n) is 9.47. The van der Waals surface area contributed by atoms with E-state index in [0.717, 1.165) is 0 Å². The van der Waals surface area contributed by atoms with Crippen LogP contribution >= 0.6 is 11.6 Å². The van der Waals surface area contributed by atoms with Crippen LogP contribution in [0, 0.1) is 12.4 Å². The normalized spacial score (nSPS) is 11.4. The maximum absolute atomic E-state index is 14.4. The van der Waals surface area contributed by atoms with Gasteiger partial charge in [-0.2, -0.15) is 0 Å². The van der Waals surface area contributed by atoms with E-state index in [1.807, 2.05) is 13.8 Å². The van der Waals surface area contributed by atoms with Gasteiger partial charge in [-0.15, -0.1) is 0 Å². The molecule has 0 aliphatic heterocycles. The minimum absolute atomic E-state index is 0.0134. The molecular weight excluding hydrogens is 403 g/mol. The number of nitrogens with one attached hydrogen (secondary N) is 2. The highest BCUT2D eigenvalue weighted by Gasteiger charge is 2.28. The second kappa shape index (κ2) is 8.29. The Morgan fingerprint density at radius 3 is 2.60 bits per heavy atom. The zero-order chi connectivity index (χ0) is 22.1. The molecule has 0 saturated heterocycles. The van der Waals surface area contributed by atoms with E-state index >= 15 is 0 Å². The van der Waals surface area contributed by atoms with Crippen LogP contribution in [0.5, 0.6) is 0 Å². The van der Waals surface area contributed by atoms with Gasteiger partial charge in [-0.3, -0.25) is 9.78 Å². The minimum atomic E-state index is -0.765. The highest BCUT2D eigenvalue weighted by atomic mass is 35.5. The summed E-state index contributed by atoms with van der Waals surface area (Å²) < 4.78 is 14.4. The predicted molar refractivity (Wildman–Crippen MR) is 119 cm³/mol. The molecule has 0 fully saturated rings. The fourth-order valence-corrected chi connectivity index (χ4v) is 3.24. The molecule has 3 aromatic rings. The van der Waals surface area contributed by atoms with E-state index in [-0.39, 0.29) is 17.0 Å². The Balaban J connectivity index is 2.13. The molecule has 0 aliphatic carbocycles. The van der Waals surface area contributed by atoms with Crippen molar-refractivity contribution in [2.75, 3.05) is 5.32 Å². The Kier molecular flexibility index (Phi) is 5.95. The van der Waals surface area contributed by atoms with Gasteiger partial charge in [0.15, 0.2) is 0 Å². The zero-order valence-electron chi connectivity index (χ0n) is 17.2. The van der Waals surface area contributed by atoms with E-state index in [2.05, 4.69) is 20.1 Å². The van der Waals surface area contributed by atoms with Crippen LogP contribution in [0.25, 0.3) is 16.0 Å². The average molecular weight is 425 g/mol. The number of aromatic amines is 1. The van der Waals surface area contributed by atoms with Crippen molar-refractivity contribution in [3.63, 3.8) is 0 Å². The SMILES string of the molecule is [C-]#[N+]C(C)(C)c1cc(Nc2cc(-c3cc(Cl)ccc3F)c(=O)[nH]c2C(C)C)ccn1. The largest absolute Gasteiger partial charge is 0.354 e. The molecule has 2 N–H and O–H groups in total. The van der Waals surface area contributed by atoms with E-state index in [9.17, 15) is 9.18 Å². The maximum Gasteiger partial charge on any atom is 0.268 e. The number of anilines is 2. The van der Waals surface area contributed by atoms with Gasteiger partial charge in [0, 0.05) is 42.0 Å². The molecule has 0 atom stereocenters. The maximum atomic E-state index is 14.4. The summed E-state index contributed by atoms with van der Waals surface area (Å²) in [4.78, 5) is 23.5. The minimum Gasteiger partial charge on any atom is -0.354 e. The van der Waals surface area contributed by atoms with Gasteiger partial charge in [0.2, 0.25) is 0 Å². The van der Waals surface area contributed by atoms with E-state index in [0.29, 0.717) is 27.8 Å². The molecule has 0 bridgehead atoms. The van der Waals surface area contributed by atoms with Crippen molar-refractivity contribution >= 4 is 23.0 Å². The molecule has 30 heavy (non-hydrogen) atoms. The van der Waals surface area contributed by atoms with Gasteiger partial charge in [-0.05, 0) is 42.3 Å². The third-order valence-electron chi connectivity index (χ3n) is 4.81. The second-order valence-electron chi connectivity index (χ2n) is 7.84. The van der Waals surface area contributed by atoms with Gasteiger partial charge in [0.25, 0.3) is 11.1 Å². The fourth-order valence-electron chi connectivity index (χ4n) is 3.06. The first-order valence-corrected chi connectivity index (χ1v) is 9.85. The molecule has 0 amide bonds. The summed E-state index contributed by atoms with van der Waals surface area (Å²) in [5.41, 5.74) is 1.81. The third-order valence-corrected chi connectivity index (χ3v) is 5.05. The predicted octanol–water partition coefficient (Wildman–Crippen LogP) is 6.25. The topological polar surface area (TPSA) is 62.1 Å².